The number of hydrogen-bond donors (Lipinski definition) is 1. The Balaban J connectivity index is 1.48. The first-order chi connectivity index (χ1) is 16.4. The third-order valence-corrected chi connectivity index (χ3v) is 6.21. The fourth-order valence-corrected chi connectivity index (χ4v) is 4.42. The fraction of sp³-hybridized carbons (Fsp3) is 0.333. The molecule has 0 radical (unpaired) electrons. The summed E-state index contributed by atoms with van der Waals surface area (Å²) < 4.78 is 5.04. The summed E-state index contributed by atoms with van der Waals surface area (Å²) >= 11 is 0. The fourth-order valence-electron chi connectivity index (χ4n) is 4.42. The van der Waals surface area contributed by atoms with E-state index in [0.29, 0.717) is 23.5 Å². The van der Waals surface area contributed by atoms with E-state index in [1.54, 1.807) is 32.5 Å². The van der Waals surface area contributed by atoms with Crippen LogP contribution >= 0.6 is 0 Å². The van der Waals surface area contributed by atoms with Crippen LogP contribution in [0.4, 0.5) is 17.3 Å². The summed E-state index contributed by atoms with van der Waals surface area (Å²) in [6.45, 7) is 10.4. The number of nitrogens with zero attached hydrogens (tertiary/aromatic N) is 8. The molecule has 0 spiro atoms. The molecule has 0 saturated carbocycles. The molecule has 1 aromatic carbocycles. The maximum Gasteiger partial charge on any atom is 0.278 e. The van der Waals surface area contributed by atoms with Crippen LogP contribution in [0.3, 0.4) is 0 Å². The second-order valence-electron chi connectivity index (χ2n) is 8.71. The van der Waals surface area contributed by atoms with E-state index in [9.17, 15) is 4.79 Å². The molecule has 1 N–H and O–H groups in total. The van der Waals surface area contributed by atoms with E-state index in [-0.39, 0.29) is 5.56 Å². The van der Waals surface area contributed by atoms with Crippen LogP contribution in [0.25, 0.3) is 16.7 Å². The highest BCUT2D eigenvalue weighted by molar-refractivity contribution is 5.77. The smallest absolute Gasteiger partial charge is 0.278 e. The molecule has 4 heterocycles. The quantitative estimate of drug-likeness (QED) is 0.443. The Morgan fingerprint density at radius 3 is 2.62 bits per heavy atom. The van der Waals surface area contributed by atoms with E-state index in [4.69, 9.17) is 4.98 Å². The maximum atomic E-state index is 13.0. The van der Waals surface area contributed by atoms with Gasteiger partial charge in [-0.05, 0) is 37.7 Å². The number of anilines is 3. The molecule has 3 aromatic heterocycles. The number of aryl methyl sites for hydroxylation is 2. The molecule has 1 fully saturated rings. The Labute approximate surface area is 197 Å². The van der Waals surface area contributed by atoms with Gasteiger partial charge in [0.1, 0.15) is 11.1 Å². The third kappa shape index (κ3) is 3.96. The predicted octanol–water partition coefficient (Wildman–Crippen LogP) is 2.31. The van der Waals surface area contributed by atoms with E-state index in [1.165, 1.54) is 11.3 Å². The minimum absolute atomic E-state index is 0.169. The molecule has 34 heavy (non-hydrogen) atoms. The molecule has 10 nitrogen and oxygen atoms in total. The molecular weight excluding hydrogens is 430 g/mol. The van der Waals surface area contributed by atoms with Gasteiger partial charge >= 0.3 is 0 Å². The van der Waals surface area contributed by atoms with Crippen molar-refractivity contribution >= 4 is 28.4 Å². The van der Waals surface area contributed by atoms with Crippen LogP contribution < -0.4 is 15.8 Å². The van der Waals surface area contributed by atoms with Crippen LogP contribution in [-0.4, -0.2) is 67.2 Å². The first kappa shape index (κ1) is 21.9. The van der Waals surface area contributed by atoms with E-state index < -0.39 is 0 Å². The maximum absolute atomic E-state index is 13.0. The Morgan fingerprint density at radius 1 is 1.15 bits per heavy atom. The van der Waals surface area contributed by atoms with Crippen molar-refractivity contribution in [1.82, 2.24) is 34.0 Å². The Hall–Kier alpha value is -3.92. The zero-order valence-electron chi connectivity index (χ0n) is 19.8. The van der Waals surface area contributed by atoms with Gasteiger partial charge in [0.2, 0.25) is 5.95 Å². The lowest BCUT2D eigenvalue weighted by Crippen LogP contribution is -2.44. The van der Waals surface area contributed by atoms with Crippen LogP contribution in [0.2, 0.25) is 0 Å². The average molecular weight is 460 g/mol. The van der Waals surface area contributed by atoms with E-state index in [2.05, 4.69) is 57.9 Å². The predicted molar refractivity (Wildman–Crippen MR) is 134 cm³/mol. The molecule has 0 unspecified atom stereocenters. The van der Waals surface area contributed by atoms with Gasteiger partial charge in [0, 0.05) is 50.8 Å². The monoisotopic (exact) mass is 459 g/mol. The molecule has 1 aliphatic heterocycles. The van der Waals surface area contributed by atoms with Gasteiger partial charge in [-0.25, -0.2) is 14.3 Å². The van der Waals surface area contributed by atoms with Crippen molar-refractivity contribution in [2.24, 2.45) is 7.05 Å². The van der Waals surface area contributed by atoms with Gasteiger partial charge in [0.25, 0.3) is 5.56 Å². The summed E-state index contributed by atoms with van der Waals surface area (Å²) in [5, 5.41) is 8.00. The van der Waals surface area contributed by atoms with E-state index in [0.717, 1.165) is 37.6 Å². The molecule has 176 valence electrons. The Morgan fingerprint density at radius 2 is 1.94 bits per heavy atom. The minimum Gasteiger partial charge on any atom is -0.369 e. The zero-order valence-corrected chi connectivity index (χ0v) is 19.8. The number of benzene rings is 1. The molecule has 1 saturated heterocycles. The van der Waals surface area contributed by atoms with Crippen LogP contribution in [0.5, 0.6) is 0 Å². The number of nitrogens with one attached hydrogen (secondary N) is 1. The number of allylic oxidation sites excluding steroid dienone is 1. The number of likely N-dealkylation sites (N-methyl/N-ethyl adjacent to an activating group) is 1. The Bertz CT molecular complexity index is 1410. The number of hydrogen-bond acceptors (Lipinski definition) is 7. The molecule has 0 atom stereocenters. The van der Waals surface area contributed by atoms with Gasteiger partial charge in [-0.1, -0.05) is 6.08 Å². The van der Waals surface area contributed by atoms with Gasteiger partial charge in [-0.2, -0.15) is 10.1 Å². The minimum atomic E-state index is -0.169. The summed E-state index contributed by atoms with van der Waals surface area (Å²) in [4.78, 5) is 26.9. The second kappa shape index (κ2) is 8.79. The zero-order chi connectivity index (χ0) is 23.8. The van der Waals surface area contributed by atoms with Crippen LogP contribution in [0.15, 0.2) is 54.2 Å². The van der Waals surface area contributed by atoms with Crippen molar-refractivity contribution in [1.29, 1.82) is 0 Å². The largest absolute Gasteiger partial charge is 0.369 e. The highest BCUT2D eigenvalue weighted by Gasteiger charge is 2.19. The second-order valence-corrected chi connectivity index (χ2v) is 8.71. The van der Waals surface area contributed by atoms with Crippen molar-refractivity contribution in [2.75, 3.05) is 43.4 Å². The normalized spacial score (nSPS) is 14.6. The summed E-state index contributed by atoms with van der Waals surface area (Å²) in [5.41, 5.74) is 4.44. The van der Waals surface area contributed by atoms with Crippen LogP contribution in [0.1, 0.15) is 5.56 Å². The number of fused-ring (bicyclic) bond motifs is 1. The third-order valence-electron chi connectivity index (χ3n) is 6.21. The average Bonchev–Trinajstić information content (AvgIpc) is 3.36. The molecule has 5 rings (SSSR count). The van der Waals surface area contributed by atoms with E-state index >= 15 is 0 Å². The van der Waals surface area contributed by atoms with Gasteiger partial charge in [0.05, 0.1) is 18.9 Å². The molecule has 1 aliphatic rings. The topological polar surface area (TPSA) is 89.0 Å². The number of aromatic nitrogens is 6. The number of rotatable bonds is 6. The molecule has 10 heteroatoms. The first-order valence-electron chi connectivity index (χ1n) is 11.3. The summed E-state index contributed by atoms with van der Waals surface area (Å²) in [6, 6.07) is 6.30. The summed E-state index contributed by atoms with van der Waals surface area (Å²) in [6.07, 6.45) is 6.80. The first-order valence-corrected chi connectivity index (χ1v) is 11.3. The SMILES string of the molecule is C=CCn1c(=O)c2cnc(Nc3ccc(N4CCN(C)CC4)c(C)c3)nc2n1-c1cnn(C)c1. The molecule has 4 aromatic rings. The molecule has 0 bridgehead atoms. The van der Waals surface area contributed by atoms with Gasteiger partial charge in [-0.15, -0.1) is 6.58 Å². The van der Waals surface area contributed by atoms with Gasteiger partial charge < -0.3 is 15.1 Å². The lowest BCUT2D eigenvalue weighted by Gasteiger charge is -2.35. The van der Waals surface area contributed by atoms with Crippen molar-refractivity contribution in [3.8, 4) is 5.69 Å². The summed E-state index contributed by atoms with van der Waals surface area (Å²) in [5.74, 6) is 0.424. The number of piperazine rings is 1. The van der Waals surface area contributed by atoms with Crippen LogP contribution in [0, 0.1) is 6.92 Å². The van der Waals surface area contributed by atoms with Gasteiger partial charge in [0.15, 0.2) is 5.65 Å². The van der Waals surface area contributed by atoms with Crippen LogP contribution in [-0.2, 0) is 13.6 Å². The Kier molecular flexibility index (Phi) is 5.66. The molecular formula is C24H29N9O. The lowest BCUT2D eigenvalue weighted by molar-refractivity contribution is 0.312. The van der Waals surface area contributed by atoms with Crippen molar-refractivity contribution in [2.45, 2.75) is 13.5 Å². The lowest BCUT2D eigenvalue weighted by atomic mass is 10.1. The van der Waals surface area contributed by atoms with Gasteiger partial charge in [-0.3, -0.25) is 9.48 Å². The van der Waals surface area contributed by atoms with Crippen molar-refractivity contribution < 1.29 is 0 Å². The standard InChI is InChI=1S/C24H29N9O/c1-5-8-32-23(34)20-15-25-24(28-22(20)33(32)19-14-26-30(4)16-19)27-18-6-7-21(17(2)13-18)31-11-9-29(3)10-12-31/h5-7,13-16H,1,8-12H2,2-4H3,(H,25,27,28). The van der Waals surface area contributed by atoms with Crippen molar-refractivity contribution in [3.63, 3.8) is 0 Å². The highest BCUT2D eigenvalue weighted by Crippen LogP contribution is 2.26. The van der Waals surface area contributed by atoms with Crippen molar-refractivity contribution in [3.05, 3.63) is 65.4 Å². The molecule has 0 aliphatic carbocycles. The van der Waals surface area contributed by atoms with E-state index in [1.807, 2.05) is 19.3 Å². The highest BCUT2D eigenvalue weighted by atomic mass is 16.1. The summed E-state index contributed by atoms with van der Waals surface area (Å²) in [7, 11) is 3.99. The molecule has 0 amide bonds.